The van der Waals surface area contributed by atoms with E-state index in [1.165, 1.54) is 38.5 Å². The molecule has 0 spiro atoms. The molecule has 0 aromatic carbocycles. The third kappa shape index (κ3) is 4.99. The van der Waals surface area contributed by atoms with Crippen LogP contribution in [0, 0.1) is 6.92 Å². The number of nitrogens with zero attached hydrogens (tertiary/aromatic N) is 2. The summed E-state index contributed by atoms with van der Waals surface area (Å²) in [6.07, 6.45) is 7.53. The first kappa shape index (κ1) is 15.7. The monoisotopic (exact) mass is 290 g/mol. The van der Waals surface area contributed by atoms with E-state index in [4.69, 9.17) is 0 Å². The zero-order valence-electron chi connectivity index (χ0n) is 13.3. The van der Waals surface area contributed by atoms with E-state index >= 15 is 0 Å². The summed E-state index contributed by atoms with van der Waals surface area (Å²) >= 11 is 0. The van der Waals surface area contributed by atoms with Crippen molar-refractivity contribution in [2.75, 3.05) is 5.32 Å². The van der Waals surface area contributed by atoms with Crippen molar-refractivity contribution in [1.29, 1.82) is 0 Å². The second kappa shape index (κ2) is 7.38. The van der Waals surface area contributed by atoms with Crippen molar-refractivity contribution in [3.8, 4) is 0 Å². The van der Waals surface area contributed by atoms with Crippen LogP contribution < -0.4 is 10.6 Å². The summed E-state index contributed by atoms with van der Waals surface area (Å²) in [5, 5.41) is 6.35. The molecule has 1 aliphatic rings. The SMILES string of the molecule is Cc1nc(NC2CCCCCC2)cc(C(=O)NC(C)C)n1. The summed E-state index contributed by atoms with van der Waals surface area (Å²) in [4.78, 5) is 20.7. The molecular weight excluding hydrogens is 264 g/mol. The number of carbonyl (C=O) groups is 1. The van der Waals surface area contributed by atoms with Crippen molar-refractivity contribution in [3.63, 3.8) is 0 Å². The number of hydrogen-bond acceptors (Lipinski definition) is 4. The van der Waals surface area contributed by atoms with E-state index in [1.54, 1.807) is 6.07 Å². The van der Waals surface area contributed by atoms with Gasteiger partial charge in [0.15, 0.2) is 0 Å². The Morgan fingerprint density at radius 2 is 1.86 bits per heavy atom. The maximum Gasteiger partial charge on any atom is 0.270 e. The fraction of sp³-hybridized carbons (Fsp3) is 0.688. The highest BCUT2D eigenvalue weighted by molar-refractivity contribution is 5.93. The molecule has 1 heterocycles. The number of aryl methyl sites for hydroxylation is 1. The van der Waals surface area contributed by atoms with Crippen LogP contribution >= 0.6 is 0 Å². The first-order valence-corrected chi connectivity index (χ1v) is 7.97. The average Bonchev–Trinajstić information content (AvgIpc) is 2.66. The lowest BCUT2D eigenvalue weighted by Crippen LogP contribution is -2.31. The molecule has 0 aliphatic heterocycles. The summed E-state index contributed by atoms with van der Waals surface area (Å²) in [5.74, 6) is 1.25. The molecule has 1 fully saturated rings. The van der Waals surface area contributed by atoms with Gasteiger partial charge in [0.05, 0.1) is 0 Å². The van der Waals surface area contributed by atoms with Crippen molar-refractivity contribution in [2.45, 2.75) is 71.4 Å². The number of carbonyl (C=O) groups excluding carboxylic acids is 1. The summed E-state index contributed by atoms with van der Waals surface area (Å²) in [7, 11) is 0. The molecule has 0 radical (unpaired) electrons. The predicted octanol–water partition coefficient (Wildman–Crippen LogP) is 3.06. The summed E-state index contributed by atoms with van der Waals surface area (Å²) in [6.45, 7) is 5.71. The van der Waals surface area contributed by atoms with Crippen LogP contribution in [0.2, 0.25) is 0 Å². The van der Waals surface area contributed by atoms with Gasteiger partial charge >= 0.3 is 0 Å². The van der Waals surface area contributed by atoms with E-state index in [-0.39, 0.29) is 11.9 Å². The smallest absolute Gasteiger partial charge is 0.270 e. The first-order valence-electron chi connectivity index (χ1n) is 7.97. The van der Waals surface area contributed by atoms with Crippen LogP contribution in [0.15, 0.2) is 6.07 Å². The minimum Gasteiger partial charge on any atom is -0.367 e. The quantitative estimate of drug-likeness (QED) is 0.836. The lowest BCUT2D eigenvalue weighted by molar-refractivity contribution is 0.0937. The highest BCUT2D eigenvalue weighted by Gasteiger charge is 2.15. The second-order valence-electron chi connectivity index (χ2n) is 6.15. The van der Waals surface area contributed by atoms with Crippen LogP contribution in [0.5, 0.6) is 0 Å². The molecule has 116 valence electrons. The molecule has 1 aromatic rings. The van der Waals surface area contributed by atoms with Crippen molar-refractivity contribution in [3.05, 3.63) is 17.6 Å². The third-order valence-corrected chi connectivity index (χ3v) is 3.70. The van der Waals surface area contributed by atoms with Crippen molar-refractivity contribution >= 4 is 11.7 Å². The lowest BCUT2D eigenvalue weighted by atomic mass is 10.1. The molecular formula is C16H26N4O. The number of rotatable bonds is 4. The Bertz CT molecular complexity index is 479. The molecule has 1 aromatic heterocycles. The van der Waals surface area contributed by atoms with Crippen LogP contribution in [0.3, 0.4) is 0 Å². The number of nitrogens with one attached hydrogen (secondary N) is 2. The molecule has 5 nitrogen and oxygen atoms in total. The van der Waals surface area contributed by atoms with E-state index in [0.717, 1.165) is 5.82 Å². The van der Waals surface area contributed by atoms with Gasteiger partial charge in [0, 0.05) is 18.2 Å². The minimum absolute atomic E-state index is 0.103. The van der Waals surface area contributed by atoms with Crippen LogP contribution in [0.1, 0.15) is 68.7 Å². The molecule has 0 atom stereocenters. The maximum atomic E-state index is 12.1. The van der Waals surface area contributed by atoms with Crippen molar-refractivity contribution in [2.24, 2.45) is 0 Å². The molecule has 21 heavy (non-hydrogen) atoms. The van der Waals surface area contributed by atoms with Crippen LogP contribution in [-0.2, 0) is 0 Å². The Morgan fingerprint density at radius 3 is 2.48 bits per heavy atom. The standard InChI is InChI=1S/C16H26N4O/c1-11(2)17-16(21)14-10-15(19-12(3)18-14)20-13-8-6-4-5-7-9-13/h10-11,13H,4-9H2,1-3H3,(H,17,21)(H,18,19,20). The van der Waals surface area contributed by atoms with Gasteiger partial charge in [-0.1, -0.05) is 25.7 Å². The third-order valence-electron chi connectivity index (χ3n) is 3.70. The normalized spacial score (nSPS) is 16.6. The van der Waals surface area contributed by atoms with E-state index in [0.29, 0.717) is 17.6 Å². The van der Waals surface area contributed by atoms with E-state index in [1.807, 2.05) is 20.8 Å². The van der Waals surface area contributed by atoms with E-state index in [9.17, 15) is 4.79 Å². The Hall–Kier alpha value is -1.65. The van der Waals surface area contributed by atoms with Gasteiger partial charge in [-0.3, -0.25) is 4.79 Å². The molecule has 1 saturated carbocycles. The van der Waals surface area contributed by atoms with Gasteiger partial charge in [0.2, 0.25) is 0 Å². The number of hydrogen-bond donors (Lipinski definition) is 2. The predicted molar refractivity (Wildman–Crippen MR) is 84.5 cm³/mol. The highest BCUT2D eigenvalue weighted by atomic mass is 16.1. The second-order valence-corrected chi connectivity index (χ2v) is 6.15. The summed E-state index contributed by atoms with van der Waals surface area (Å²) < 4.78 is 0. The zero-order chi connectivity index (χ0) is 15.2. The molecule has 5 heteroatoms. The highest BCUT2D eigenvalue weighted by Crippen LogP contribution is 2.20. The molecule has 1 aliphatic carbocycles. The van der Waals surface area contributed by atoms with Crippen LogP contribution in [0.4, 0.5) is 5.82 Å². The van der Waals surface area contributed by atoms with Gasteiger partial charge in [0.1, 0.15) is 17.3 Å². The van der Waals surface area contributed by atoms with E-state index in [2.05, 4.69) is 20.6 Å². The fourth-order valence-electron chi connectivity index (χ4n) is 2.73. The van der Waals surface area contributed by atoms with Gasteiger partial charge in [-0.05, 0) is 33.6 Å². The maximum absolute atomic E-state index is 12.1. The molecule has 2 N–H and O–H groups in total. The molecule has 2 rings (SSSR count). The van der Waals surface area contributed by atoms with Crippen molar-refractivity contribution < 1.29 is 4.79 Å². The molecule has 0 saturated heterocycles. The van der Waals surface area contributed by atoms with Gasteiger partial charge in [-0.2, -0.15) is 0 Å². The Kier molecular flexibility index (Phi) is 5.53. The summed E-state index contributed by atoms with van der Waals surface area (Å²) in [5.41, 5.74) is 0.437. The van der Waals surface area contributed by atoms with Gasteiger partial charge in [0.25, 0.3) is 5.91 Å². The van der Waals surface area contributed by atoms with Crippen molar-refractivity contribution in [1.82, 2.24) is 15.3 Å². The summed E-state index contributed by atoms with van der Waals surface area (Å²) in [6, 6.07) is 2.32. The van der Waals surface area contributed by atoms with Crippen LogP contribution in [-0.4, -0.2) is 28.0 Å². The van der Waals surface area contributed by atoms with Gasteiger partial charge < -0.3 is 10.6 Å². The van der Waals surface area contributed by atoms with Gasteiger partial charge in [-0.25, -0.2) is 9.97 Å². The number of amides is 1. The van der Waals surface area contributed by atoms with E-state index < -0.39 is 0 Å². The fourth-order valence-corrected chi connectivity index (χ4v) is 2.73. The van der Waals surface area contributed by atoms with Gasteiger partial charge in [-0.15, -0.1) is 0 Å². The Morgan fingerprint density at radius 1 is 1.19 bits per heavy atom. The molecule has 1 amide bonds. The topological polar surface area (TPSA) is 66.9 Å². The Balaban J connectivity index is 2.08. The largest absolute Gasteiger partial charge is 0.367 e. The molecule has 0 bridgehead atoms. The number of anilines is 1. The average molecular weight is 290 g/mol. The minimum atomic E-state index is -0.139. The lowest BCUT2D eigenvalue weighted by Gasteiger charge is -2.17. The van der Waals surface area contributed by atoms with Crippen LogP contribution in [0.25, 0.3) is 0 Å². The number of aromatic nitrogens is 2. The Labute approximate surface area is 127 Å². The zero-order valence-corrected chi connectivity index (χ0v) is 13.3. The first-order chi connectivity index (χ1) is 10.0. The molecule has 0 unspecified atom stereocenters.